The molecule has 7 nitrogen and oxygen atoms in total. The van der Waals surface area contributed by atoms with Gasteiger partial charge in [0.2, 0.25) is 5.91 Å². The average molecular weight is 493 g/mol. The first-order valence-electron chi connectivity index (χ1n) is 14.1. The van der Waals surface area contributed by atoms with Crippen molar-refractivity contribution in [2.24, 2.45) is 17.3 Å². The Hall–Kier alpha value is -2.25. The molecule has 1 aliphatic carbocycles. The van der Waals surface area contributed by atoms with Crippen molar-refractivity contribution in [3.63, 3.8) is 0 Å². The van der Waals surface area contributed by atoms with Crippen LogP contribution < -0.4 is 10.6 Å². The van der Waals surface area contributed by atoms with Crippen LogP contribution in [0, 0.1) is 17.3 Å². The van der Waals surface area contributed by atoms with Crippen LogP contribution in [0.15, 0.2) is 24.3 Å². The molecular formula is C29H44N6O. The number of anilines is 1. The molecule has 2 atom stereocenters. The second-order valence-electron chi connectivity index (χ2n) is 12.2. The number of hydrogen-bond donors (Lipinski definition) is 2. The summed E-state index contributed by atoms with van der Waals surface area (Å²) in [6, 6.07) is 8.34. The molecule has 2 fully saturated rings. The van der Waals surface area contributed by atoms with Gasteiger partial charge in [0, 0.05) is 31.1 Å². The van der Waals surface area contributed by atoms with Crippen molar-refractivity contribution in [1.82, 2.24) is 25.1 Å². The Bertz CT molecular complexity index is 1080. The molecule has 1 unspecified atom stereocenters. The van der Waals surface area contributed by atoms with Crippen LogP contribution in [-0.2, 0) is 11.3 Å². The van der Waals surface area contributed by atoms with Crippen molar-refractivity contribution in [1.29, 1.82) is 0 Å². The second-order valence-corrected chi connectivity index (χ2v) is 12.2. The average Bonchev–Trinajstić information content (AvgIpc) is 2.87. The quantitative estimate of drug-likeness (QED) is 0.648. The zero-order chi connectivity index (χ0) is 25.4. The minimum Gasteiger partial charge on any atom is -0.358 e. The minimum absolute atomic E-state index is 0.0317. The van der Waals surface area contributed by atoms with Crippen LogP contribution in [0.4, 0.5) is 5.82 Å². The molecule has 3 heterocycles. The fraction of sp³-hybridized carbons (Fsp3) is 0.690. The van der Waals surface area contributed by atoms with Gasteiger partial charge in [0.15, 0.2) is 0 Å². The van der Waals surface area contributed by atoms with Crippen LogP contribution in [0.1, 0.15) is 72.5 Å². The summed E-state index contributed by atoms with van der Waals surface area (Å²) in [7, 11) is 0. The fourth-order valence-corrected chi connectivity index (χ4v) is 6.43. The lowest BCUT2D eigenvalue weighted by molar-refractivity contribution is -0.126. The van der Waals surface area contributed by atoms with Gasteiger partial charge in [0.25, 0.3) is 0 Å². The highest BCUT2D eigenvalue weighted by atomic mass is 16.2. The van der Waals surface area contributed by atoms with Crippen molar-refractivity contribution in [2.75, 3.05) is 25.0 Å². The van der Waals surface area contributed by atoms with Gasteiger partial charge < -0.3 is 10.6 Å². The van der Waals surface area contributed by atoms with Crippen molar-refractivity contribution >= 4 is 22.6 Å². The first-order valence-corrected chi connectivity index (χ1v) is 14.1. The Balaban J connectivity index is 1.37. The van der Waals surface area contributed by atoms with Crippen LogP contribution in [0.25, 0.3) is 10.9 Å². The van der Waals surface area contributed by atoms with E-state index in [4.69, 9.17) is 9.97 Å². The van der Waals surface area contributed by atoms with E-state index in [1.165, 1.54) is 32.1 Å². The largest absolute Gasteiger partial charge is 0.358 e. The molecule has 1 aromatic heterocycles. The summed E-state index contributed by atoms with van der Waals surface area (Å²) in [6.07, 6.45) is 6.38. The van der Waals surface area contributed by atoms with Gasteiger partial charge in [-0.3, -0.25) is 14.6 Å². The summed E-state index contributed by atoms with van der Waals surface area (Å²) in [6.45, 7) is 14.8. The van der Waals surface area contributed by atoms with Crippen molar-refractivity contribution < 1.29 is 4.79 Å². The smallest absolute Gasteiger partial charge is 0.244 e. The third-order valence-electron chi connectivity index (χ3n) is 9.30. The number of amides is 1. The first-order chi connectivity index (χ1) is 17.2. The summed E-state index contributed by atoms with van der Waals surface area (Å²) in [5.41, 5.74) is 1.36. The lowest BCUT2D eigenvalue weighted by Gasteiger charge is -2.47. The number of nitrogens with one attached hydrogen (secondary N) is 2. The summed E-state index contributed by atoms with van der Waals surface area (Å²) in [5.74, 6) is 2.59. The molecule has 7 heteroatoms. The molecule has 2 aromatic rings. The monoisotopic (exact) mass is 492 g/mol. The molecule has 1 aromatic carbocycles. The highest BCUT2D eigenvalue weighted by molar-refractivity contribution is 5.92. The third-order valence-corrected chi connectivity index (χ3v) is 9.30. The number of benzene rings is 1. The first kappa shape index (κ1) is 25.4. The summed E-state index contributed by atoms with van der Waals surface area (Å²) < 4.78 is 0. The maximum atomic E-state index is 13.6. The molecule has 1 saturated carbocycles. The van der Waals surface area contributed by atoms with Gasteiger partial charge >= 0.3 is 0 Å². The van der Waals surface area contributed by atoms with E-state index < -0.39 is 0 Å². The number of nitrogens with zero attached hydrogens (tertiary/aromatic N) is 4. The lowest BCUT2D eigenvalue weighted by Crippen LogP contribution is -2.63. The second kappa shape index (κ2) is 10.3. The van der Waals surface area contributed by atoms with Crippen molar-refractivity contribution in [3.8, 4) is 0 Å². The van der Waals surface area contributed by atoms with E-state index in [-0.39, 0.29) is 24.0 Å². The topological polar surface area (TPSA) is 73.4 Å². The maximum Gasteiger partial charge on any atom is 0.244 e. The number of rotatable bonds is 4. The predicted molar refractivity (Wildman–Crippen MR) is 146 cm³/mol. The van der Waals surface area contributed by atoms with Crippen LogP contribution in [0.5, 0.6) is 0 Å². The number of hydrogen-bond acceptors (Lipinski definition) is 6. The molecular weight excluding hydrogens is 448 g/mol. The molecule has 0 radical (unpaired) electrons. The van der Waals surface area contributed by atoms with Crippen molar-refractivity contribution in [3.05, 3.63) is 30.1 Å². The van der Waals surface area contributed by atoms with Gasteiger partial charge in [-0.05, 0) is 55.1 Å². The standard InChI is InChI=1S/C29H44N6O/c1-6-29(4,5)20-11-13-21(14-12-20)34-15-16-35-17-24-30-23-10-8-7-9-22(23)27(31-24)33-26(19(2)3)28(36)32-25(35)18-34/h7-10,19-21,25-26H,6,11-18H2,1-5H3,(H,32,36)(H,30,31,33)/t20?,21?,25?,26-/m0/s1. The van der Waals surface area contributed by atoms with Crippen molar-refractivity contribution in [2.45, 2.75) is 91.5 Å². The molecule has 2 bridgehead atoms. The number of carbonyl (C=O) groups is 1. The maximum absolute atomic E-state index is 13.6. The number of para-hydroxylation sites is 1. The van der Waals surface area contributed by atoms with E-state index in [1.54, 1.807) is 0 Å². The van der Waals surface area contributed by atoms with Gasteiger partial charge in [-0.1, -0.05) is 53.2 Å². The summed E-state index contributed by atoms with van der Waals surface area (Å²) >= 11 is 0. The van der Waals surface area contributed by atoms with Gasteiger partial charge in [-0.15, -0.1) is 0 Å². The zero-order valence-corrected chi connectivity index (χ0v) is 22.8. The number of fused-ring (bicyclic) bond motifs is 5. The van der Waals surface area contributed by atoms with Crippen LogP contribution in [0.3, 0.4) is 0 Å². The Morgan fingerprint density at radius 1 is 1.03 bits per heavy atom. The zero-order valence-electron chi connectivity index (χ0n) is 22.8. The Morgan fingerprint density at radius 3 is 2.47 bits per heavy atom. The van der Waals surface area contributed by atoms with Gasteiger partial charge in [-0.25, -0.2) is 9.97 Å². The molecule has 196 valence electrons. The van der Waals surface area contributed by atoms with E-state index in [9.17, 15) is 4.79 Å². The molecule has 36 heavy (non-hydrogen) atoms. The van der Waals surface area contributed by atoms with E-state index >= 15 is 0 Å². The molecule has 5 rings (SSSR count). The minimum atomic E-state index is -0.349. The number of piperazine rings is 1. The van der Waals surface area contributed by atoms with E-state index in [0.717, 1.165) is 48.1 Å². The predicted octanol–water partition coefficient (Wildman–Crippen LogP) is 4.63. The normalized spacial score (nSPS) is 28.4. The molecule has 1 amide bonds. The van der Waals surface area contributed by atoms with Crippen LogP contribution >= 0.6 is 0 Å². The number of aromatic nitrogens is 2. The van der Waals surface area contributed by atoms with Crippen LogP contribution in [0.2, 0.25) is 0 Å². The third kappa shape index (κ3) is 5.10. The molecule has 2 N–H and O–H groups in total. The Labute approximate surface area is 216 Å². The van der Waals surface area contributed by atoms with E-state index in [1.807, 2.05) is 24.3 Å². The SMILES string of the molecule is CCC(C)(C)C1CCC(N2CCN3Cc4nc(c5ccccc5n4)N[C@@H](C(C)C)C(=O)NC3C2)CC1. The van der Waals surface area contributed by atoms with Gasteiger partial charge in [0.1, 0.15) is 17.7 Å². The fourth-order valence-electron chi connectivity index (χ4n) is 6.43. The Morgan fingerprint density at radius 2 is 1.75 bits per heavy atom. The molecule has 0 spiro atoms. The van der Waals surface area contributed by atoms with E-state index in [0.29, 0.717) is 18.0 Å². The molecule has 3 aliphatic rings. The highest BCUT2D eigenvalue weighted by Crippen LogP contribution is 2.41. The highest BCUT2D eigenvalue weighted by Gasteiger charge is 2.38. The van der Waals surface area contributed by atoms with Gasteiger partial charge in [-0.2, -0.15) is 0 Å². The van der Waals surface area contributed by atoms with Crippen LogP contribution in [-0.4, -0.2) is 63.6 Å². The lowest BCUT2D eigenvalue weighted by atomic mass is 9.68. The summed E-state index contributed by atoms with van der Waals surface area (Å²) in [4.78, 5) is 28.4. The van der Waals surface area contributed by atoms with Gasteiger partial charge in [0.05, 0.1) is 18.2 Å². The molecule has 1 saturated heterocycles. The summed E-state index contributed by atoms with van der Waals surface area (Å²) in [5, 5.41) is 7.86. The van der Waals surface area contributed by atoms with E-state index in [2.05, 4.69) is 55.1 Å². The number of carbonyl (C=O) groups excluding carboxylic acids is 1. The Kier molecular flexibility index (Phi) is 7.23. The molecule has 2 aliphatic heterocycles.